The van der Waals surface area contributed by atoms with Crippen molar-refractivity contribution in [2.75, 3.05) is 0 Å². The van der Waals surface area contributed by atoms with Gasteiger partial charge in [-0.1, -0.05) is 146 Å². The molecule has 228 valence electrons. The molecule has 7 aromatic carbocycles. The van der Waals surface area contributed by atoms with Crippen molar-refractivity contribution in [2.45, 2.75) is 0 Å². The molecule has 2 heterocycles. The topological polar surface area (TPSA) is 43.6 Å². The summed E-state index contributed by atoms with van der Waals surface area (Å²) in [5, 5.41) is 2.47. The van der Waals surface area contributed by atoms with E-state index >= 15 is 0 Å². The summed E-state index contributed by atoms with van der Waals surface area (Å²) in [4.78, 5) is 15.2. The van der Waals surface area contributed by atoms with E-state index in [0.29, 0.717) is 17.5 Å². The number of rotatable bonds is 5. The van der Waals surface area contributed by atoms with E-state index in [1.807, 2.05) is 36.4 Å². The van der Waals surface area contributed by atoms with Crippen LogP contribution in [0.2, 0.25) is 0 Å². The summed E-state index contributed by atoms with van der Waals surface area (Å²) in [7, 11) is 0. The van der Waals surface area contributed by atoms with Gasteiger partial charge in [0.2, 0.25) is 0 Å². The maximum Gasteiger partial charge on any atom is 0.164 e. The molecule has 49 heavy (non-hydrogen) atoms. The molecule has 0 saturated heterocycles. The van der Waals surface area contributed by atoms with Crippen LogP contribution in [-0.4, -0.2) is 19.5 Å². The molecule has 0 aliphatic heterocycles. The fourth-order valence-corrected chi connectivity index (χ4v) is 7.36. The maximum atomic E-state index is 5.11. The van der Waals surface area contributed by atoms with E-state index in [1.54, 1.807) is 0 Å². The fraction of sp³-hybridized carbons (Fsp3) is 0. The van der Waals surface area contributed by atoms with E-state index in [1.165, 1.54) is 55.2 Å². The smallest absolute Gasteiger partial charge is 0.164 e. The monoisotopic (exact) mass is 624 g/mol. The highest BCUT2D eigenvalue weighted by atomic mass is 15.0. The van der Waals surface area contributed by atoms with E-state index in [2.05, 4.69) is 138 Å². The second-order valence-corrected chi connectivity index (χ2v) is 12.4. The van der Waals surface area contributed by atoms with Crippen LogP contribution in [-0.2, 0) is 0 Å². The van der Waals surface area contributed by atoms with Gasteiger partial charge in [0.15, 0.2) is 17.5 Å². The lowest BCUT2D eigenvalue weighted by molar-refractivity contribution is 1.07. The first kappa shape index (κ1) is 27.5. The minimum atomic E-state index is 0.659. The normalized spacial score (nSPS) is 11.7. The van der Waals surface area contributed by atoms with Crippen molar-refractivity contribution in [1.29, 1.82) is 0 Å². The molecule has 0 fully saturated rings. The lowest BCUT2D eigenvalue weighted by atomic mass is 9.76. The van der Waals surface area contributed by atoms with Crippen LogP contribution in [0.15, 0.2) is 170 Å². The molecule has 4 heteroatoms. The molecule has 4 nitrogen and oxygen atoms in total. The van der Waals surface area contributed by atoms with Gasteiger partial charge in [-0.2, -0.15) is 0 Å². The Labute approximate surface area is 283 Å². The zero-order valence-electron chi connectivity index (χ0n) is 26.5. The minimum absolute atomic E-state index is 0.659. The number of benzene rings is 7. The van der Waals surface area contributed by atoms with Crippen LogP contribution in [0, 0.1) is 0 Å². The molecule has 0 unspecified atom stereocenters. The highest BCUT2D eigenvalue weighted by Gasteiger charge is 2.31. The Morgan fingerprint density at radius 2 is 0.857 bits per heavy atom. The first-order chi connectivity index (χ1) is 24.3. The molecule has 0 atom stereocenters. The maximum absolute atomic E-state index is 5.11. The Hall–Kier alpha value is -6.65. The van der Waals surface area contributed by atoms with Crippen molar-refractivity contribution in [3.63, 3.8) is 0 Å². The van der Waals surface area contributed by atoms with Gasteiger partial charge >= 0.3 is 0 Å². The number of fused-ring (bicyclic) bond motifs is 7. The van der Waals surface area contributed by atoms with Crippen LogP contribution in [0.3, 0.4) is 0 Å². The lowest BCUT2D eigenvalue weighted by Crippen LogP contribution is -2.08. The molecular formula is C45H28N4. The van der Waals surface area contributed by atoms with Gasteiger partial charge in [0.1, 0.15) is 0 Å². The third kappa shape index (κ3) is 4.35. The van der Waals surface area contributed by atoms with Gasteiger partial charge in [-0.25, -0.2) is 15.0 Å². The quantitative estimate of drug-likeness (QED) is 0.191. The Bertz CT molecular complexity index is 2640. The molecule has 0 N–H and O–H groups in total. The van der Waals surface area contributed by atoms with Gasteiger partial charge in [-0.05, 0) is 46.5 Å². The molecule has 0 amide bonds. The highest BCUT2D eigenvalue weighted by Crippen LogP contribution is 2.54. The summed E-state index contributed by atoms with van der Waals surface area (Å²) in [6, 6.07) is 59.6. The third-order valence-electron chi connectivity index (χ3n) is 9.61. The Morgan fingerprint density at radius 1 is 0.327 bits per heavy atom. The number of para-hydroxylation sites is 1. The summed E-state index contributed by atoms with van der Waals surface area (Å²) in [5.41, 5.74) is 13.7. The number of hydrogen-bond donors (Lipinski definition) is 0. The van der Waals surface area contributed by atoms with Crippen molar-refractivity contribution in [2.24, 2.45) is 0 Å². The van der Waals surface area contributed by atoms with E-state index < -0.39 is 0 Å². The van der Waals surface area contributed by atoms with Gasteiger partial charge in [0.25, 0.3) is 0 Å². The zero-order chi connectivity index (χ0) is 32.3. The third-order valence-corrected chi connectivity index (χ3v) is 9.61. The van der Waals surface area contributed by atoms with Gasteiger partial charge in [-0.3, -0.25) is 0 Å². The number of hydrogen-bond acceptors (Lipinski definition) is 3. The van der Waals surface area contributed by atoms with Crippen molar-refractivity contribution < 1.29 is 0 Å². The average molecular weight is 625 g/mol. The second kappa shape index (κ2) is 11.0. The average Bonchev–Trinajstić information content (AvgIpc) is 3.51. The van der Waals surface area contributed by atoms with Crippen LogP contribution in [0.25, 0.3) is 95.0 Å². The standard InChI is InChI=1S/C45H28N4/c1-4-14-29(15-5-1)32-26-27-39-37(28-32)33-20-10-11-24-38(33)49(39)40-25-13-22-35-34-21-12-23-36(41(34)42(35)40)45-47-43(30-16-6-2-7-17-30)46-44(48-45)31-18-8-3-9-19-31/h1-28H. The Kier molecular flexibility index (Phi) is 6.15. The summed E-state index contributed by atoms with van der Waals surface area (Å²) in [6.45, 7) is 0. The highest BCUT2D eigenvalue weighted by molar-refractivity contribution is 6.15. The van der Waals surface area contributed by atoms with Gasteiger partial charge in [0.05, 0.1) is 16.7 Å². The fourth-order valence-electron chi connectivity index (χ4n) is 7.36. The van der Waals surface area contributed by atoms with Crippen molar-refractivity contribution in [3.05, 3.63) is 170 Å². The van der Waals surface area contributed by atoms with Crippen LogP contribution in [0.4, 0.5) is 0 Å². The zero-order valence-corrected chi connectivity index (χ0v) is 26.5. The molecule has 0 spiro atoms. The van der Waals surface area contributed by atoms with E-state index in [-0.39, 0.29) is 0 Å². The molecule has 10 rings (SSSR count). The van der Waals surface area contributed by atoms with Crippen LogP contribution >= 0.6 is 0 Å². The van der Waals surface area contributed by atoms with E-state index in [4.69, 9.17) is 15.0 Å². The number of aromatic nitrogens is 4. The molecule has 1 aliphatic rings. The first-order valence-corrected chi connectivity index (χ1v) is 16.5. The summed E-state index contributed by atoms with van der Waals surface area (Å²) < 4.78 is 2.43. The van der Waals surface area contributed by atoms with E-state index in [0.717, 1.165) is 22.4 Å². The minimum Gasteiger partial charge on any atom is -0.309 e. The van der Waals surface area contributed by atoms with Gasteiger partial charge < -0.3 is 4.57 Å². The molecular weight excluding hydrogens is 597 g/mol. The van der Waals surface area contributed by atoms with Gasteiger partial charge in [0, 0.05) is 38.6 Å². The molecule has 2 aromatic heterocycles. The predicted octanol–water partition coefficient (Wildman–Crippen LogP) is 11.3. The van der Waals surface area contributed by atoms with Crippen LogP contribution in [0.1, 0.15) is 0 Å². The predicted molar refractivity (Wildman–Crippen MR) is 200 cm³/mol. The first-order valence-electron chi connectivity index (χ1n) is 16.5. The Balaban J connectivity index is 1.19. The second-order valence-electron chi connectivity index (χ2n) is 12.4. The summed E-state index contributed by atoms with van der Waals surface area (Å²) in [6.07, 6.45) is 0. The molecule has 1 aliphatic carbocycles. The SMILES string of the molecule is c1ccc(-c2ccc3c(c2)c2ccccc2n3-c2cccc3c2-c2c(-c4nc(-c5ccccc5)nc(-c5ccccc5)n4)cccc2-3)cc1. The molecule has 0 bridgehead atoms. The van der Waals surface area contributed by atoms with Crippen LogP contribution in [0.5, 0.6) is 0 Å². The lowest BCUT2D eigenvalue weighted by Gasteiger charge is -2.29. The van der Waals surface area contributed by atoms with Crippen molar-refractivity contribution in [1.82, 2.24) is 19.5 Å². The summed E-state index contributed by atoms with van der Waals surface area (Å²) in [5.74, 6) is 1.98. The number of nitrogens with zero attached hydrogens (tertiary/aromatic N) is 4. The largest absolute Gasteiger partial charge is 0.309 e. The van der Waals surface area contributed by atoms with Crippen molar-refractivity contribution in [3.8, 4) is 73.2 Å². The van der Waals surface area contributed by atoms with E-state index in [9.17, 15) is 0 Å². The van der Waals surface area contributed by atoms with Crippen molar-refractivity contribution >= 4 is 21.8 Å². The summed E-state index contributed by atoms with van der Waals surface area (Å²) >= 11 is 0. The Morgan fingerprint density at radius 3 is 1.55 bits per heavy atom. The van der Waals surface area contributed by atoms with Gasteiger partial charge in [-0.15, -0.1) is 0 Å². The van der Waals surface area contributed by atoms with Crippen LogP contribution < -0.4 is 0 Å². The molecule has 0 saturated carbocycles. The molecule has 0 radical (unpaired) electrons. The molecule has 9 aromatic rings.